The predicted molar refractivity (Wildman–Crippen MR) is 130 cm³/mol. The summed E-state index contributed by atoms with van der Waals surface area (Å²) in [7, 11) is 1.82. The van der Waals surface area contributed by atoms with Gasteiger partial charge in [-0.25, -0.2) is 13.8 Å². The Morgan fingerprint density at radius 2 is 1.97 bits per heavy atom. The minimum Gasteiger partial charge on any atom is -0.345 e. The van der Waals surface area contributed by atoms with Crippen molar-refractivity contribution < 1.29 is 13.6 Å². The molecule has 1 amide bonds. The molecule has 1 aliphatic rings. The van der Waals surface area contributed by atoms with Crippen molar-refractivity contribution >= 4 is 17.7 Å². The molecule has 5 rings (SSSR count). The average molecular weight is 493 g/mol. The third kappa shape index (κ3) is 4.27. The Kier molecular flexibility index (Phi) is 6.02. The molecular formula is C26H22F2N4O2S. The third-order valence-corrected chi connectivity index (χ3v) is 7.44. The van der Waals surface area contributed by atoms with Crippen LogP contribution in [-0.4, -0.2) is 20.0 Å². The van der Waals surface area contributed by atoms with E-state index < -0.39 is 17.5 Å². The Balaban J connectivity index is 1.64. The van der Waals surface area contributed by atoms with Crippen molar-refractivity contribution in [2.45, 2.75) is 30.0 Å². The molecule has 1 aliphatic heterocycles. The lowest BCUT2D eigenvalue weighted by Gasteiger charge is -2.20. The van der Waals surface area contributed by atoms with Gasteiger partial charge >= 0.3 is 0 Å². The van der Waals surface area contributed by atoms with E-state index in [1.165, 1.54) is 23.9 Å². The number of aromatic nitrogens is 3. The standard InChI is InChI=1S/C26H22F2N4O2S/c1-15-11-21(33)25(26(34)30-14-24-29-9-10-31(24)2)20-13-23(16-7-8-17(27)18(28)12-16)35-22-6-4-3-5-19(22)32(15)20/h3-12,23H,13-14H2,1-2H3,(H,30,34). The van der Waals surface area contributed by atoms with Crippen molar-refractivity contribution in [1.82, 2.24) is 19.4 Å². The molecule has 2 aromatic heterocycles. The number of hydrogen-bond acceptors (Lipinski definition) is 4. The highest BCUT2D eigenvalue weighted by molar-refractivity contribution is 7.99. The molecule has 0 bridgehead atoms. The molecule has 0 aliphatic carbocycles. The van der Waals surface area contributed by atoms with Crippen molar-refractivity contribution in [3.8, 4) is 5.69 Å². The van der Waals surface area contributed by atoms with E-state index in [1.54, 1.807) is 23.0 Å². The number of halogens is 2. The summed E-state index contributed by atoms with van der Waals surface area (Å²) in [6.45, 7) is 1.98. The number of aryl methyl sites for hydroxylation is 2. The van der Waals surface area contributed by atoms with Gasteiger partial charge in [0, 0.05) is 53.5 Å². The Morgan fingerprint density at radius 1 is 1.17 bits per heavy atom. The summed E-state index contributed by atoms with van der Waals surface area (Å²) >= 11 is 1.49. The minimum atomic E-state index is -0.935. The largest absolute Gasteiger partial charge is 0.345 e. The van der Waals surface area contributed by atoms with Crippen LogP contribution in [0.25, 0.3) is 5.69 Å². The zero-order valence-corrected chi connectivity index (χ0v) is 19.9. The predicted octanol–water partition coefficient (Wildman–Crippen LogP) is 4.48. The number of hydrogen-bond donors (Lipinski definition) is 1. The monoisotopic (exact) mass is 492 g/mol. The van der Waals surface area contributed by atoms with Crippen molar-refractivity contribution in [2.24, 2.45) is 7.05 Å². The molecular weight excluding hydrogens is 470 g/mol. The first-order valence-electron chi connectivity index (χ1n) is 11.0. The van der Waals surface area contributed by atoms with E-state index in [0.29, 0.717) is 22.8 Å². The number of thioether (sulfide) groups is 1. The van der Waals surface area contributed by atoms with Crippen LogP contribution in [-0.2, 0) is 20.0 Å². The normalized spacial score (nSPS) is 14.7. The highest BCUT2D eigenvalue weighted by Gasteiger charge is 2.29. The van der Waals surface area contributed by atoms with Crippen LogP contribution in [0.2, 0.25) is 0 Å². The van der Waals surface area contributed by atoms with Gasteiger partial charge in [0.15, 0.2) is 17.1 Å². The molecule has 3 heterocycles. The van der Waals surface area contributed by atoms with E-state index in [2.05, 4.69) is 10.3 Å². The highest BCUT2D eigenvalue weighted by Crippen LogP contribution is 2.44. The molecule has 4 aromatic rings. The van der Waals surface area contributed by atoms with Gasteiger partial charge in [-0.1, -0.05) is 18.2 Å². The minimum absolute atomic E-state index is 0.0368. The SMILES string of the molecule is Cc1cc(=O)c(C(=O)NCc2nccn2C)c2n1-c1ccccc1SC(c1ccc(F)c(F)c1)C2. The lowest BCUT2D eigenvalue weighted by atomic mass is 10.0. The second-order valence-corrected chi connectivity index (χ2v) is 9.64. The number of nitrogens with zero attached hydrogens (tertiary/aromatic N) is 3. The summed E-state index contributed by atoms with van der Waals surface area (Å²) in [6.07, 6.45) is 3.68. The average Bonchev–Trinajstić information content (AvgIpc) is 3.15. The second kappa shape index (κ2) is 9.14. The van der Waals surface area contributed by atoms with E-state index in [0.717, 1.165) is 16.6 Å². The first-order valence-corrected chi connectivity index (χ1v) is 11.9. The molecule has 0 saturated heterocycles. The molecule has 6 nitrogen and oxygen atoms in total. The molecule has 2 aromatic carbocycles. The smallest absolute Gasteiger partial charge is 0.257 e. The molecule has 1 N–H and O–H groups in total. The Morgan fingerprint density at radius 3 is 2.71 bits per heavy atom. The topological polar surface area (TPSA) is 68.9 Å². The summed E-state index contributed by atoms with van der Waals surface area (Å²) < 4.78 is 31.5. The van der Waals surface area contributed by atoms with Gasteiger partial charge < -0.3 is 14.5 Å². The first-order chi connectivity index (χ1) is 16.8. The number of amides is 1. The molecule has 0 spiro atoms. The fraction of sp³-hybridized carbons (Fsp3) is 0.192. The summed E-state index contributed by atoms with van der Waals surface area (Å²) in [5.41, 5.74) is 2.26. The molecule has 1 unspecified atom stereocenters. The van der Waals surface area contributed by atoms with Crippen molar-refractivity contribution in [3.63, 3.8) is 0 Å². The number of carbonyl (C=O) groups is 1. The van der Waals surface area contributed by atoms with Crippen molar-refractivity contribution in [1.29, 1.82) is 0 Å². The number of rotatable bonds is 4. The Hall–Kier alpha value is -3.72. The zero-order chi connectivity index (χ0) is 24.7. The van der Waals surface area contributed by atoms with E-state index in [9.17, 15) is 18.4 Å². The maximum absolute atomic E-state index is 14.1. The first kappa shape index (κ1) is 23.0. The fourth-order valence-electron chi connectivity index (χ4n) is 4.39. The van der Waals surface area contributed by atoms with Crippen LogP contribution in [0.5, 0.6) is 0 Å². The number of imidazole rings is 1. The summed E-state index contributed by atoms with van der Waals surface area (Å²) in [5.74, 6) is -1.71. The lowest BCUT2D eigenvalue weighted by molar-refractivity contribution is 0.0946. The molecule has 0 saturated carbocycles. The van der Waals surface area contributed by atoms with E-state index >= 15 is 0 Å². The van der Waals surface area contributed by atoms with Gasteiger partial charge in [-0.3, -0.25) is 9.59 Å². The Bertz CT molecular complexity index is 1510. The quantitative estimate of drug-likeness (QED) is 0.456. The Labute approximate surface area is 204 Å². The fourth-order valence-corrected chi connectivity index (χ4v) is 5.66. The van der Waals surface area contributed by atoms with Crippen LogP contribution in [0, 0.1) is 18.6 Å². The second-order valence-electron chi connectivity index (χ2n) is 8.40. The van der Waals surface area contributed by atoms with Crippen molar-refractivity contribution in [2.75, 3.05) is 0 Å². The maximum Gasteiger partial charge on any atom is 0.257 e. The third-order valence-electron chi connectivity index (χ3n) is 6.12. The molecule has 9 heteroatoms. The van der Waals surface area contributed by atoms with Crippen LogP contribution in [0.4, 0.5) is 8.78 Å². The molecule has 0 radical (unpaired) electrons. The molecule has 0 fully saturated rings. The van der Waals surface area contributed by atoms with Gasteiger partial charge in [0.25, 0.3) is 5.91 Å². The van der Waals surface area contributed by atoms with Crippen LogP contribution in [0.1, 0.15) is 38.4 Å². The van der Waals surface area contributed by atoms with Gasteiger partial charge in [-0.15, -0.1) is 11.8 Å². The number of carbonyl (C=O) groups excluding carboxylic acids is 1. The van der Waals surface area contributed by atoms with Gasteiger partial charge in [0.05, 0.1) is 12.2 Å². The number of fused-ring (bicyclic) bond motifs is 3. The maximum atomic E-state index is 14.1. The van der Waals surface area contributed by atoms with Crippen LogP contribution >= 0.6 is 11.8 Å². The van der Waals surface area contributed by atoms with E-state index in [1.807, 2.05) is 42.8 Å². The number of pyridine rings is 1. The van der Waals surface area contributed by atoms with Crippen LogP contribution < -0.4 is 10.7 Å². The van der Waals surface area contributed by atoms with Crippen LogP contribution in [0.15, 0.2) is 70.6 Å². The molecule has 1 atom stereocenters. The number of benzene rings is 2. The number of para-hydroxylation sites is 1. The highest BCUT2D eigenvalue weighted by atomic mass is 32.2. The lowest BCUT2D eigenvalue weighted by Crippen LogP contribution is -2.33. The molecule has 35 heavy (non-hydrogen) atoms. The van der Waals surface area contributed by atoms with Crippen LogP contribution in [0.3, 0.4) is 0 Å². The van der Waals surface area contributed by atoms with Gasteiger partial charge in [-0.05, 0) is 36.8 Å². The van der Waals surface area contributed by atoms with E-state index in [-0.39, 0.29) is 29.2 Å². The summed E-state index contributed by atoms with van der Waals surface area (Å²) in [4.78, 5) is 31.6. The zero-order valence-electron chi connectivity index (χ0n) is 19.1. The molecule has 178 valence electrons. The van der Waals surface area contributed by atoms with Gasteiger partial charge in [-0.2, -0.15) is 0 Å². The van der Waals surface area contributed by atoms with Crippen molar-refractivity contribution in [3.05, 3.63) is 111 Å². The van der Waals surface area contributed by atoms with Gasteiger partial charge in [0.1, 0.15) is 11.4 Å². The number of nitrogens with one attached hydrogen (secondary N) is 1. The van der Waals surface area contributed by atoms with Gasteiger partial charge in [0.2, 0.25) is 0 Å². The summed E-state index contributed by atoms with van der Waals surface area (Å²) in [5, 5.41) is 2.47. The summed E-state index contributed by atoms with van der Waals surface area (Å²) in [6, 6.07) is 12.9. The van der Waals surface area contributed by atoms with E-state index in [4.69, 9.17) is 0 Å².